The van der Waals surface area contributed by atoms with E-state index in [-0.39, 0.29) is 5.97 Å². The van der Waals surface area contributed by atoms with Crippen molar-refractivity contribution in [3.63, 3.8) is 0 Å². The second-order valence-electron chi connectivity index (χ2n) is 7.03. The number of rotatable bonds is 18. The lowest BCUT2D eigenvalue weighted by atomic mass is 10.1. The Kier molecular flexibility index (Phi) is 18.3. The van der Waals surface area contributed by atoms with Crippen molar-refractivity contribution >= 4 is 5.97 Å². The first-order chi connectivity index (χ1) is 11.7. The zero-order valence-corrected chi connectivity index (χ0v) is 16.8. The molecule has 0 heterocycles. The lowest BCUT2D eigenvalue weighted by Crippen LogP contribution is -2.33. The van der Waals surface area contributed by atoms with Crippen molar-refractivity contribution in [1.82, 2.24) is 4.90 Å². The van der Waals surface area contributed by atoms with Crippen LogP contribution in [0.1, 0.15) is 104 Å². The SMILES string of the molecule is CCCCCCCOC(=O)CN(CCCCCC)CCCCCC. The van der Waals surface area contributed by atoms with Crippen molar-refractivity contribution < 1.29 is 9.53 Å². The molecule has 0 aliphatic carbocycles. The number of nitrogens with zero attached hydrogens (tertiary/aromatic N) is 1. The molecule has 0 atom stereocenters. The molecule has 0 fully saturated rings. The summed E-state index contributed by atoms with van der Waals surface area (Å²) in [5.74, 6) is -0.0310. The van der Waals surface area contributed by atoms with E-state index in [1.165, 1.54) is 77.0 Å². The molecule has 0 N–H and O–H groups in total. The van der Waals surface area contributed by atoms with Gasteiger partial charge in [-0.1, -0.05) is 85.0 Å². The third-order valence-corrected chi connectivity index (χ3v) is 4.52. The van der Waals surface area contributed by atoms with Gasteiger partial charge in [0.1, 0.15) is 0 Å². The molecule has 0 aromatic carbocycles. The molecule has 0 saturated heterocycles. The summed E-state index contributed by atoms with van der Waals surface area (Å²) >= 11 is 0. The average Bonchev–Trinajstić information content (AvgIpc) is 2.58. The molecule has 3 heteroatoms. The van der Waals surface area contributed by atoms with Gasteiger partial charge in [0.05, 0.1) is 13.2 Å². The second kappa shape index (κ2) is 18.8. The molecule has 144 valence electrons. The molecule has 0 aliphatic rings. The van der Waals surface area contributed by atoms with E-state index in [9.17, 15) is 4.79 Å². The van der Waals surface area contributed by atoms with Crippen LogP contribution in [-0.4, -0.2) is 37.1 Å². The van der Waals surface area contributed by atoms with E-state index in [0.29, 0.717) is 13.2 Å². The quantitative estimate of drug-likeness (QED) is 0.227. The molecule has 0 radical (unpaired) electrons. The first kappa shape index (κ1) is 23.4. The van der Waals surface area contributed by atoms with E-state index >= 15 is 0 Å². The maximum absolute atomic E-state index is 12.1. The molecule has 0 aliphatic heterocycles. The molecule has 0 aromatic rings. The van der Waals surface area contributed by atoms with E-state index in [4.69, 9.17) is 4.74 Å². The molecule has 0 amide bonds. The average molecular weight is 342 g/mol. The number of hydrogen-bond acceptors (Lipinski definition) is 3. The van der Waals surface area contributed by atoms with Crippen LogP contribution in [0.4, 0.5) is 0 Å². The Labute approximate surface area is 151 Å². The highest BCUT2D eigenvalue weighted by Gasteiger charge is 2.11. The predicted octanol–water partition coefficient (Wildman–Crippen LogP) is 5.96. The molecule has 0 saturated carbocycles. The van der Waals surface area contributed by atoms with E-state index in [1.807, 2.05) is 0 Å². The van der Waals surface area contributed by atoms with Crippen LogP contribution < -0.4 is 0 Å². The van der Waals surface area contributed by atoms with Gasteiger partial charge in [0.2, 0.25) is 0 Å². The largest absolute Gasteiger partial charge is 0.465 e. The molecule has 0 unspecified atom stereocenters. The van der Waals surface area contributed by atoms with Crippen molar-refractivity contribution in [2.45, 2.75) is 104 Å². The first-order valence-corrected chi connectivity index (χ1v) is 10.6. The Morgan fingerprint density at radius 2 is 1.12 bits per heavy atom. The normalized spacial score (nSPS) is 11.2. The standard InChI is InChI=1S/C21H43NO2/c1-4-7-10-13-16-19-24-21(23)20-22(17-14-11-8-5-2)18-15-12-9-6-3/h4-20H2,1-3H3. The van der Waals surface area contributed by atoms with Crippen LogP contribution in [0.15, 0.2) is 0 Å². The Balaban J connectivity index is 3.90. The van der Waals surface area contributed by atoms with Gasteiger partial charge in [-0.05, 0) is 32.4 Å². The van der Waals surface area contributed by atoms with Crippen molar-refractivity contribution in [2.24, 2.45) is 0 Å². The summed E-state index contributed by atoms with van der Waals surface area (Å²) < 4.78 is 5.43. The summed E-state index contributed by atoms with van der Waals surface area (Å²) in [5.41, 5.74) is 0. The minimum absolute atomic E-state index is 0.0310. The smallest absolute Gasteiger partial charge is 0.320 e. The van der Waals surface area contributed by atoms with E-state index in [1.54, 1.807) is 0 Å². The van der Waals surface area contributed by atoms with Gasteiger partial charge in [-0.2, -0.15) is 0 Å². The Hall–Kier alpha value is -0.570. The van der Waals surface area contributed by atoms with Crippen LogP contribution in [0.3, 0.4) is 0 Å². The number of unbranched alkanes of at least 4 members (excludes halogenated alkanes) is 10. The zero-order valence-electron chi connectivity index (χ0n) is 16.8. The molecule has 0 aromatic heterocycles. The zero-order chi connectivity index (χ0) is 17.9. The molecule has 3 nitrogen and oxygen atoms in total. The summed E-state index contributed by atoms with van der Waals surface area (Å²) in [6.07, 6.45) is 16.1. The van der Waals surface area contributed by atoms with Gasteiger partial charge < -0.3 is 4.74 Å². The number of hydrogen-bond donors (Lipinski definition) is 0. The summed E-state index contributed by atoms with van der Waals surface area (Å²) in [7, 11) is 0. The topological polar surface area (TPSA) is 29.5 Å². The van der Waals surface area contributed by atoms with Crippen LogP contribution in [-0.2, 0) is 9.53 Å². The van der Waals surface area contributed by atoms with Crippen LogP contribution in [0, 0.1) is 0 Å². The van der Waals surface area contributed by atoms with Crippen LogP contribution in [0.5, 0.6) is 0 Å². The maximum Gasteiger partial charge on any atom is 0.320 e. The van der Waals surface area contributed by atoms with E-state index in [2.05, 4.69) is 25.7 Å². The van der Waals surface area contributed by atoms with Gasteiger partial charge in [-0.15, -0.1) is 0 Å². The molecular weight excluding hydrogens is 298 g/mol. The van der Waals surface area contributed by atoms with Crippen molar-refractivity contribution in [1.29, 1.82) is 0 Å². The van der Waals surface area contributed by atoms with E-state index < -0.39 is 0 Å². The fraction of sp³-hybridized carbons (Fsp3) is 0.952. The molecule has 0 rings (SSSR count). The number of ether oxygens (including phenoxy) is 1. The number of carbonyl (C=O) groups excluding carboxylic acids is 1. The third kappa shape index (κ3) is 16.3. The monoisotopic (exact) mass is 341 g/mol. The lowest BCUT2D eigenvalue weighted by molar-refractivity contribution is -0.145. The van der Waals surface area contributed by atoms with Crippen LogP contribution >= 0.6 is 0 Å². The van der Waals surface area contributed by atoms with Gasteiger partial charge in [0.15, 0.2) is 0 Å². The fourth-order valence-electron chi connectivity index (χ4n) is 2.91. The van der Waals surface area contributed by atoms with Crippen molar-refractivity contribution in [2.75, 3.05) is 26.2 Å². The Morgan fingerprint density at radius 1 is 0.667 bits per heavy atom. The van der Waals surface area contributed by atoms with Crippen LogP contribution in [0.2, 0.25) is 0 Å². The minimum atomic E-state index is -0.0310. The highest BCUT2D eigenvalue weighted by atomic mass is 16.5. The van der Waals surface area contributed by atoms with Gasteiger partial charge in [0.25, 0.3) is 0 Å². The first-order valence-electron chi connectivity index (χ1n) is 10.6. The summed E-state index contributed by atoms with van der Waals surface area (Å²) in [6, 6.07) is 0. The lowest BCUT2D eigenvalue weighted by Gasteiger charge is -2.21. The summed E-state index contributed by atoms with van der Waals surface area (Å²) in [6.45, 7) is 9.85. The van der Waals surface area contributed by atoms with E-state index in [0.717, 1.165) is 19.5 Å². The molecule has 24 heavy (non-hydrogen) atoms. The third-order valence-electron chi connectivity index (χ3n) is 4.52. The molecular formula is C21H43NO2. The molecule has 0 spiro atoms. The highest BCUT2D eigenvalue weighted by molar-refractivity contribution is 5.71. The molecule has 0 bridgehead atoms. The Morgan fingerprint density at radius 3 is 1.62 bits per heavy atom. The number of carbonyl (C=O) groups is 1. The van der Waals surface area contributed by atoms with Crippen LogP contribution in [0.25, 0.3) is 0 Å². The van der Waals surface area contributed by atoms with Crippen molar-refractivity contribution in [3.8, 4) is 0 Å². The highest BCUT2D eigenvalue weighted by Crippen LogP contribution is 2.06. The predicted molar refractivity (Wildman–Crippen MR) is 104 cm³/mol. The van der Waals surface area contributed by atoms with Gasteiger partial charge >= 0.3 is 5.97 Å². The van der Waals surface area contributed by atoms with Crippen molar-refractivity contribution in [3.05, 3.63) is 0 Å². The maximum atomic E-state index is 12.1. The number of esters is 1. The minimum Gasteiger partial charge on any atom is -0.465 e. The van der Waals surface area contributed by atoms with Gasteiger partial charge in [0, 0.05) is 0 Å². The van der Waals surface area contributed by atoms with Gasteiger partial charge in [-0.25, -0.2) is 0 Å². The summed E-state index contributed by atoms with van der Waals surface area (Å²) in [5, 5.41) is 0. The Bertz CT molecular complexity index is 257. The fourth-order valence-corrected chi connectivity index (χ4v) is 2.91. The second-order valence-corrected chi connectivity index (χ2v) is 7.03. The summed E-state index contributed by atoms with van der Waals surface area (Å²) in [4.78, 5) is 14.4. The van der Waals surface area contributed by atoms with Gasteiger partial charge in [-0.3, -0.25) is 9.69 Å².